The number of hydrogen-bond acceptors (Lipinski definition) is 5. The number of unbranched alkanes of at least 4 members (excludes halogenated alkanes) is 14. The van der Waals surface area contributed by atoms with Crippen LogP contribution in [0.15, 0.2) is 48.5 Å². The van der Waals surface area contributed by atoms with Gasteiger partial charge < -0.3 is 25.2 Å². The van der Waals surface area contributed by atoms with E-state index in [4.69, 9.17) is 14.6 Å². The van der Waals surface area contributed by atoms with E-state index in [1.54, 1.807) is 0 Å². The summed E-state index contributed by atoms with van der Waals surface area (Å²) in [6.45, 7) is 3.71. The van der Waals surface area contributed by atoms with Crippen molar-refractivity contribution in [3.63, 3.8) is 0 Å². The van der Waals surface area contributed by atoms with Gasteiger partial charge in [0.05, 0.1) is 32.8 Å². The van der Waals surface area contributed by atoms with E-state index in [0.717, 1.165) is 50.8 Å². The van der Waals surface area contributed by atoms with Gasteiger partial charge in [-0.25, -0.2) is 0 Å². The van der Waals surface area contributed by atoms with Gasteiger partial charge in [-0.15, -0.1) is 0 Å². The molecule has 4 rings (SSSR count). The molecule has 0 aliphatic carbocycles. The fourth-order valence-corrected chi connectivity index (χ4v) is 6.79. The van der Waals surface area contributed by atoms with Crippen molar-refractivity contribution in [1.29, 1.82) is 0 Å². The zero-order chi connectivity index (χ0) is 35.4. The van der Waals surface area contributed by atoms with E-state index in [1.165, 1.54) is 83.5 Å². The topological polar surface area (TPSA) is 114 Å². The normalized spacial score (nSPS) is 11.5. The lowest BCUT2D eigenvalue weighted by molar-refractivity contribution is -0.138. The molecule has 4 aromatic rings. The minimum Gasteiger partial charge on any atom is -0.481 e. The molecule has 0 aliphatic heterocycles. The van der Waals surface area contributed by atoms with Crippen LogP contribution in [0.5, 0.6) is 0 Å². The molecular weight excluding hydrogens is 628 g/mol. The summed E-state index contributed by atoms with van der Waals surface area (Å²) >= 11 is 0. The highest BCUT2D eigenvalue weighted by molar-refractivity contribution is 6.28. The molecule has 0 atom stereocenters. The number of benzene rings is 4. The number of aliphatic carboxylic acids is 1. The molecule has 0 fully saturated rings. The third-order valence-electron chi connectivity index (χ3n) is 9.55. The first kappa shape index (κ1) is 39.0. The van der Waals surface area contributed by atoms with Crippen LogP contribution < -0.4 is 10.6 Å². The van der Waals surface area contributed by atoms with Crippen molar-refractivity contribution in [2.45, 2.75) is 116 Å². The van der Waals surface area contributed by atoms with Crippen LogP contribution in [0.4, 0.5) is 5.69 Å². The molecule has 8 heteroatoms. The van der Waals surface area contributed by atoms with Crippen LogP contribution in [0.1, 0.15) is 126 Å². The van der Waals surface area contributed by atoms with Crippen molar-refractivity contribution < 1.29 is 29.0 Å². The number of carbonyl (C=O) groups is 3. The number of carbonyl (C=O) groups excluding carboxylic acids is 2. The van der Waals surface area contributed by atoms with Gasteiger partial charge in [0.15, 0.2) is 0 Å². The van der Waals surface area contributed by atoms with Crippen molar-refractivity contribution in [2.24, 2.45) is 0 Å². The number of rotatable bonds is 27. The second-order valence-electron chi connectivity index (χ2n) is 13.5. The predicted molar refractivity (Wildman–Crippen MR) is 205 cm³/mol. The Balaban J connectivity index is 1.20. The van der Waals surface area contributed by atoms with Gasteiger partial charge in [0.2, 0.25) is 5.91 Å². The standard InChI is InChI=1S/C42H58N2O6/c1-2-3-4-5-6-7-8-9-10-11-12-13-14-15-16-17-38(45)44-37-25-21-33-18-22-34-35(23-19-32-20-24-36(37)41(33)40(32)34)42(48)43-27-29-50-31-30-49-28-26-39(46)47/h18-25H,2-17,26-31H2,1H3,(H,43,48)(H,44,45)(H,46,47). The van der Waals surface area contributed by atoms with Gasteiger partial charge >= 0.3 is 5.97 Å². The Morgan fingerprint density at radius 3 is 1.72 bits per heavy atom. The van der Waals surface area contributed by atoms with Gasteiger partial charge in [0.1, 0.15) is 0 Å². The molecule has 0 spiro atoms. The van der Waals surface area contributed by atoms with Crippen LogP contribution in [0.25, 0.3) is 32.3 Å². The van der Waals surface area contributed by atoms with Crippen LogP contribution >= 0.6 is 0 Å². The summed E-state index contributed by atoms with van der Waals surface area (Å²) in [5, 5.41) is 20.8. The largest absolute Gasteiger partial charge is 0.481 e. The predicted octanol–water partition coefficient (Wildman–Crippen LogP) is 10.0. The molecule has 4 aromatic carbocycles. The third kappa shape index (κ3) is 12.5. The van der Waals surface area contributed by atoms with E-state index in [0.29, 0.717) is 38.3 Å². The highest BCUT2D eigenvalue weighted by atomic mass is 16.5. The summed E-state index contributed by atoms with van der Waals surface area (Å²) in [7, 11) is 0. The minimum atomic E-state index is -0.895. The maximum atomic E-state index is 13.2. The average Bonchev–Trinajstić information content (AvgIpc) is 3.11. The van der Waals surface area contributed by atoms with Crippen molar-refractivity contribution >= 4 is 55.8 Å². The second-order valence-corrected chi connectivity index (χ2v) is 13.5. The van der Waals surface area contributed by atoms with Crippen LogP contribution in [0, 0.1) is 0 Å². The summed E-state index contributed by atoms with van der Waals surface area (Å²) in [6.07, 6.45) is 20.0. The summed E-state index contributed by atoms with van der Waals surface area (Å²) in [4.78, 5) is 36.7. The number of carboxylic acids is 1. The summed E-state index contributed by atoms with van der Waals surface area (Å²) in [5.41, 5.74) is 1.39. The van der Waals surface area contributed by atoms with Gasteiger partial charge in [-0.2, -0.15) is 0 Å². The SMILES string of the molecule is CCCCCCCCCCCCCCCCCC(=O)Nc1ccc2ccc3c(C(=O)NCCOCCOCCC(=O)O)ccc4ccc1c2c43. The van der Waals surface area contributed by atoms with E-state index >= 15 is 0 Å². The van der Waals surface area contributed by atoms with E-state index < -0.39 is 5.97 Å². The lowest BCUT2D eigenvalue weighted by Crippen LogP contribution is -2.27. The van der Waals surface area contributed by atoms with E-state index in [2.05, 4.69) is 29.7 Å². The molecular formula is C42H58N2O6. The number of ether oxygens (including phenoxy) is 2. The maximum Gasteiger partial charge on any atom is 0.305 e. The molecule has 0 aromatic heterocycles. The van der Waals surface area contributed by atoms with E-state index in [-0.39, 0.29) is 24.8 Å². The van der Waals surface area contributed by atoms with Crippen LogP contribution in [0.2, 0.25) is 0 Å². The van der Waals surface area contributed by atoms with E-state index in [9.17, 15) is 14.4 Å². The molecule has 8 nitrogen and oxygen atoms in total. The molecule has 0 radical (unpaired) electrons. The summed E-state index contributed by atoms with van der Waals surface area (Å²) in [5.74, 6) is -1.03. The highest BCUT2D eigenvalue weighted by Gasteiger charge is 2.17. The Hall–Kier alpha value is -3.75. The molecule has 2 amide bonds. The molecule has 50 heavy (non-hydrogen) atoms. The summed E-state index contributed by atoms with van der Waals surface area (Å²) < 4.78 is 10.7. The maximum absolute atomic E-state index is 13.2. The average molecular weight is 687 g/mol. The quantitative estimate of drug-likeness (QED) is 0.0425. The second kappa shape index (κ2) is 22.1. The monoisotopic (exact) mass is 686 g/mol. The van der Waals surface area contributed by atoms with Gasteiger partial charge in [0.25, 0.3) is 5.91 Å². The van der Waals surface area contributed by atoms with Gasteiger partial charge in [-0.1, -0.05) is 133 Å². The highest BCUT2D eigenvalue weighted by Crippen LogP contribution is 2.39. The number of anilines is 1. The third-order valence-corrected chi connectivity index (χ3v) is 9.55. The first-order valence-electron chi connectivity index (χ1n) is 19.2. The Morgan fingerprint density at radius 1 is 0.580 bits per heavy atom. The fraction of sp³-hybridized carbons (Fsp3) is 0.548. The Kier molecular flexibility index (Phi) is 17.3. The van der Waals surface area contributed by atoms with Gasteiger partial charge in [-0.05, 0) is 45.5 Å². The lowest BCUT2D eigenvalue weighted by Gasteiger charge is -2.16. The van der Waals surface area contributed by atoms with Crippen molar-refractivity contribution in [2.75, 3.05) is 38.3 Å². The molecule has 0 aliphatic rings. The zero-order valence-corrected chi connectivity index (χ0v) is 30.2. The molecule has 0 bridgehead atoms. The fourth-order valence-electron chi connectivity index (χ4n) is 6.79. The van der Waals surface area contributed by atoms with E-state index in [1.807, 2.05) is 36.4 Å². The molecule has 0 unspecified atom stereocenters. The number of amides is 2. The molecule has 3 N–H and O–H groups in total. The van der Waals surface area contributed by atoms with Crippen molar-refractivity contribution in [3.05, 3.63) is 54.1 Å². The first-order valence-corrected chi connectivity index (χ1v) is 19.2. The molecule has 272 valence electrons. The molecule has 0 heterocycles. The van der Waals surface area contributed by atoms with Crippen LogP contribution in [-0.2, 0) is 19.1 Å². The number of nitrogens with one attached hydrogen (secondary N) is 2. The van der Waals surface area contributed by atoms with Crippen molar-refractivity contribution in [3.8, 4) is 0 Å². The van der Waals surface area contributed by atoms with Crippen LogP contribution in [-0.4, -0.2) is 55.9 Å². The summed E-state index contributed by atoms with van der Waals surface area (Å²) in [6, 6.07) is 16.0. The molecule has 0 saturated heterocycles. The van der Waals surface area contributed by atoms with Gasteiger partial charge in [-0.3, -0.25) is 14.4 Å². The number of carboxylic acid groups (broad SMARTS) is 1. The van der Waals surface area contributed by atoms with Crippen molar-refractivity contribution in [1.82, 2.24) is 5.32 Å². The lowest BCUT2D eigenvalue weighted by atomic mass is 9.91. The number of hydrogen-bond donors (Lipinski definition) is 3. The minimum absolute atomic E-state index is 0.0368. The first-order chi connectivity index (χ1) is 24.5. The Morgan fingerprint density at radius 2 is 1.10 bits per heavy atom. The Bertz CT molecular complexity index is 1620. The molecule has 0 saturated carbocycles. The van der Waals surface area contributed by atoms with Gasteiger partial charge in [0, 0.05) is 29.6 Å². The zero-order valence-electron chi connectivity index (χ0n) is 30.2. The van der Waals surface area contributed by atoms with Crippen LogP contribution in [0.3, 0.4) is 0 Å². The smallest absolute Gasteiger partial charge is 0.305 e. The Labute approximate surface area is 298 Å².